The molecule has 3 atom stereocenters. The molecule has 1 aromatic heterocycles. The summed E-state index contributed by atoms with van der Waals surface area (Å²) in [6, 6.07) is 11.7. The lowest BCUT2D eigenvalue weighted by molar-refractivity contribution is 0.0445. The molecule has 0 amide bonds. The lowest BCUT2D eigenvalue weighted by Crippen LogP contribution is -2.45. The summed E-state index contributed by atoms with van der Waals surface area (Å²) in [6.07, 6.45) is 1.14. The Kier molecular flexibility index (Phi) is 6.98. The molecule has 186 valence electrons. The Morgan fingerprint density at radius 2 is 1.94 bits per heavy atom. The molecule has 2 aliphatic heterocycles. The normalized spacial score (nSPS) is 22.5. The van der Waals surface area contributed by atoms with Crippen LogP contribution in [0, 0.1) is 0 Å². The number of ether oxygens (including phenoxy) is 1. The molecule has 0 spiro atoms. The Morgan fingerprint density at radius 3 is 2.60 bits per heavy atom. The molecule has 11 heteroatoms. The molecule has 2 fully saturated rings. The van der Waals surface area contributed by atoms with E-state index < -0.39 is 16.4 Å². The van der Waals surface area contributed by atoms with Crippen LogP contribution in [-0.2, 0) is 16.6 Å². The van der Waals surface area contributed by atoms with Crippen molar-refractivity contribution >= 4 is 38.8 Å². The van der Waals surface area contributed by atoms with Crippen molar-refractivity contribution in [1.29, 1.82) is 0 Å². The number of hydrogen-bond donors (Lipinski definition) is 1. The number of nitrogens with zero attached hydrogens (tertiary/aromatic N) is 2. The third-order valence-electron chi connectivity index (χ3n) is 6.59. The van der Waals surface area contributed by atoms with Crippen LogP contribution < -0.4 is 9.46 Å². The fraction of sp³-hybridized carbons (Fsp3) is 0.375. The predicted octanol–water partition coefficient (Wildman–Crippen LogP) is 6.11. The number of benzene rings is 2. The van der Waals surface area contributed by atoms with E-state index in [0.717, 1.165) is 31.2 Å². The number of fused-ring (bicyclic) bond motifs is 2. The van der Waals surface area contributed by atoms with Crippen molar-refractivity contribution in [2.75, 3.05) is 4.72 Å². The van der Waals surface area contributed by atoms with Crippen molar-refractivity contribution in [3.8, 4) is 5.75 Å². The smallest absolute Gasteiger partial charge is 0.263 e. The Balaban J connectivity index is 1.23. The molecule has 5 rings (SSSR count). The SMILES string of the molecule is O=S(=O)(Nc1cscn1)c1ccc(OC2CC3CC[C@@H](C2)N3Cc2cccc(C(F)F)c2)c(Cl)c1. The van der Waals surface area contributed by atoms with Gasteiger partial charge in [-0.05, 0) is 55.5 Å². The zero-order valence-corrected chi connectivity index (χ0v) is 21.0. The van der Waals surface area contributed by atoms with Gasteiger partial charge in [0.2, 0.25) is 0 Å². The lowest BCUT2D eigenvalue weighted by Gasteiger charge is -2.39. The molecule has 3 heterocycles. The highest BCUT2D eigenvalue weighted by Crippen LogP contribution is 2.39. The van der Waals surface area contributed by atoms with Crippen molar-refractivity contribution in [2.45, 2.75) is 61.7 Å². The number of aromatic nitrogens is 1. The fourth-order valence-electron chi connectivity index (χ4n) is 5.00. The van der Waals surface area contributed by atoms with Crippen molar-refractivity contribution in [3.05, 3.63) is 69.5 Å². The fourth-order valence-corrected chi connectivity index (χ4v) is 6.87. The molecule has 35 heavy (non-hydrogen) atoms. The Hall–Kier alpha value is -2.27. The minimum atomic E-state index is -3.81. The molecule has 2 aliphatic rings. The molecular formula is C24H24ClF2N3O3S2. The molecule has 0 radical (unpaired) electrons. The van der Waals surface area contributed by atoms with E-state index in [1.165, 1.54) is 29.5 Å². The number of anilines is 1. The van der Waals surface area contributed by atoms with E-state index in [1.54, 1.807) is 29.1 Å². The molecule has 2 bridgehead atoms. The molecule has 2 aromatic carbocycles. The number of thiazole rings is 1. The average molecular weight is 540 g/mol. The van der Waals surface area contributed by atoms with Gasteiger partial charge in [-0.25, -0.2) is 22.2 Å². The first kappa shape index (κ1) is 24.4. The Morgan fingerprint density at radius 1 is 1.17 bits per heavy atom. The van der Waals surface area contributed by atoms with Crippen molar-refractivity contribution < 1.29 is 21.9 Å². The summed E-state index contributed by atoms with van der Waals surface area (Å²) in [4.78, 5) is 6.37. The maximum Gasteiger partial charge on any atom is 0.263 e. The van der Waals surface area contributed by atoms with E-state index in [2.05, 4.69) is 14.6 Å². The third kappa shape index (κ3) is 5.45. The first-order valence-corrected chi connectivity index (χ1v) is 14.1. The summed E-state index contributed by atoms with van der Waals surface area (Å²) >= 11 is 7.69. The Labute approximate surface area is 211 Å². The molecule has 0 aliphatic carbocycles. The van der Waals surface area contributed by atoms with Gasteiger partial charge in [-0.2, -0.15) is 0 Å². The maximum atomic E-state index is 13.1. The third-order valence-corrected chi connectivity index (χ3v) is 8.82. The zero-order chi connectivity index (χ0) is 24.6. The minimum absolute atomic E-state index is 0.0313. The van der Waals surface area contributed by atoms with Crippen LogP contribution in [0.4, 0.5) is 14.6 Å². The quantitative estimate of drug-likeness (QED) is 0.374. The number of hydrogen-bond acceptors (Lipinski definition) is 6. The van der Waals surface area contributed by atoms with E-state index in [-0.39, 0.29) is 27.4 Å². The number of halogens is 3. The Bertz CT molecular complexity index is 1280. The van der Waals surface area contributed by atoms with Gasteiger partial charge in [0.05, 0.1) is 15.4 Å². The van der Waals surface area contributed by atoms with Crippen molar-refractivity contribution in [3.63, 3.8) is 0 Å². The first-order chi connectivity index (χ1) is 16.8. The molecule has 2 saturated heterocycles. The van der Waals surface area contributed by atoms with Gasteiger partial charge in [0, 0.05) is 29.6 Å². The van der Waals surface area contributed by atoms with Crippen LogP contribution in [0.2, 0.25) is 5.02 Å². The molecule has 6 nitrogen and oxygen atoms in total. The summed E-state index contributed by atoms with van der Waals surface area (Å²) in [5.74, 6) is 0.705. The summed E-state index contributed by atoms with van der Waals surface area (Å²) in [5.41, 5.74) is 2.49. The lowest BCUT2D eigenvalue weighted by atomic mass is 9.98. The van der Waals surface area contributed by atoms with Gasteiger partial charge < -0.3 is 4.74 Å². The van der Waals surface area contributed by atoms with Crippen molar-refractivity contribution in [1.82, 2.24) is 9.88 Å². The van der Waals surface area contributed by atoms with Crippen LogP contribution in [0.1, 0.15) is 43.2 Å². The van der Waals surface area contributed by atoms with E-state index in [9.17, 15) is 17.2 Å². The molecule has 1 N–H and O–H groups in total. The summed E-state index contributed by atoms with van der Waals surface area (Å²) < 4.78 is 60.0. The highest BCUT2D eigenvalue weighted by Gasteiger charge is 2.41. The summed E-state index contributed by atoms with van der Waals surface area (Å²) in [6.45, 7) is 0.641. The van der Waals surface area contributed by atoms with Crippen molar-refractivity contribution in [2.24, 2.45) is 0 Å². The average Bonchev–Trinajstić information content (AvgIpc) is 3.40. The second kappa shape index (κ2) is 10.0. The molecule has 2 unspecified atom stereocenters. The van der Waals surface area contributed by atoms with E-state index in [1.807, 2.05) is 6.07 Å². The highest BCUT2D eigenvalue weighted by atomic mass is 35.5. The topological polar surface area (TPSA) is 71.5 Å². The van der Waals surface area contributed by atoms with Crippen LogP contribution >= 0.6 is 22.9 Å². The maximum absolute atomic E-state index is 13.1. The summed E-state index contributed by atoms with van der Waals surface area (Å²) in [7, 11) is -3.81. The van der Waals surface area contributed by atoms with Gasteiger partial charge in [0.25, 0.3) is 16.4 Å². The first-order valence-electron chi connectivity index (χ1n) is 11.3. The van der Waals surface area contributed by atoms with Crippen LogP contribution in [0.5, 0.6) is 5.75 Å². The molecule has 0 saturated carbocycles. The van der Waals surface area contributed by atoms with Crippen LogP contribution in [-0.4, -0.2) is 36.5 Å². The monoisotopic (exact) mass is 539 g/mol. The minimum Gasteiger partial charge on any atom is -0.489 e. The van der Waals surface area contributed by atoms with Gasteiger partial charge >= 0.3 is 0 Å². The van der Waals surface area contributed by atoms with Crippen LogP contribution in [0.15, 0.2) is 58.3 Å². The van der Waals surface area contributed by atoms with Crippen LogP contribution in [0.3, 0.4) is 0 Å². The number of rotatable bonds is 8. The van der Waals surface area contributed by atoms with Gasteiger partial charge in [-0.3, -0.25) is 9.62 Å². The van der Waals surface area contributed by atoms with E-state index in [0.29, 0.717) is 24.4 Å². The second-order valence-corrected chi connectivity index (χ2v) is 11.7. The number of nitrogens with one attached hydrogen (secondary N) is 1. The molecule has 3 aromatic rings. The predicted molar refractivity (Wildman–Crippen MR) is 132 cm³/mol. The highest BCUT2D eigenvalue weighted by molar-refractivity contribution is 7.92. The number of sulfonamides is 1. The largest absolute Gasteiger partial charge is 0.489 e. The zero-order valence-electron chi connectivity index (χ0n) is 18.6. The number of alkyl halides is 2. The van der Waals surface area contributed by atoms with Crippen LogP contribution in [0.25, 0.3) is 0 Å². The van der Waals surface area contributed by atoms with Gasteiger partial charge in [-0.15, -0.1) is 11.3 Å². The van der Waals surface area contributed by atoms with E-state index in [4.69, 9.17) is 16.3 Å². The van der Waals surface area contributed by atoms with E-state index >= 15 is 0 Å². The number of piperidine rings is 1. The second-order valence-electron chi connectivity index (χ2n) is 8.89. The van der Waals surface area contributed by atoms with Gasteiger partial charge in [0.15, 0.2) is 5.82 Å². The summed E-state index contributed by atoms with van der Waals surface area (Å²) in [5, 5.41) is 1.83. The van der Waals surface area contributed by atoms with Gasteiger partial charge in [0.1, 0.15) is 11.9 Å². The standard InChI is InChI=1S/C24H24ClF2N3O3S2/c25-21-11-20(35(31,32)29-23-13-34-14-28-23)6-7-22(21)33-19-9-17-4-5-18(10-19)30(17)12-15-2-1-3-16(8-15)24(26)27/h1-3,6-8,11,13-14,17-19,24,29H,4-5,9-10,12H2/t17-,18?,19?/m0/s1. The molecular weight excluding hydrogens is 516 g/mol. The van der Waals surface area contributed by atoms with Gasteiger partial charge in [-0.1, -0.05) is 29.8 Å².